The van der Waals surface area contributed by atoms with Gasteiger partial charge in [0.05, 0.1) is 12.6 Å². The van der Waals surface area contributed by atoms with Crippen molar-refractivity contribution < 1.29 is 4.74 Å². The third kappa shape index (κ3) is 1.31. The van der Waals surface area contributed by atoms with Crippen molar-refractivity contribution in [1.82, 2.24) is 9.38 Å². The van der Waals surface area contributed by atoms with Crippen LogP contribution < -0.4 is 4.74 Å². The molecule has 68 valence electrons. The molecule has 0 aliphatic carbocycles. The molecular formula is C9H9BrN2O. The summed E-state index contributed by atoms with van der Waals surface area (Å²) in [5, 5.41) is 0. The van der Waals surface area contributed by atoms with Crippen molar-refractivity contribution in [3.8, 4) is 5.75 Å². The molecule has 0 aromatic carbocycles. The van der Waals surface area contributed by atoms with Crippen LogP contribution in [-0.2, 0) is 0 Å². The molecule has 2 aromatic rings. The summed E-state index contributed by atoms with van der Waals surface area (Å²) in [5.41, 5.74) is 2.13. The third-order valence-corrected chi connectivity index (χ3v) is 2.61. The Morgan fingerprint density at radius 2 is 2.23 bits per heavy atom. The lowest BCUT2D eigenvalue weighted by atomic mass is 10.3. The molecule has 0 saturated heterocycles. The number of methoxy groups -OCH3 is 1. The first kappa shape index (κ1) is 8.56. The Balaban J connectivity index is 2.80. The second-order valence-electron chi connectivity index (χ2n) is 2.83. The molecule has 0 spiro atoms. The molecule has 2 heterocycles. The number of pyridine rings is 1. The van der Waals surface area contributed by atoms with E-state index in [1.165, 1.54) is 0 Å². The van der Waals surface area contributed by atoms with Crippen molar-refractivity contribution in [2.75, 3.05) is 7.11 Å². The highest BCUT2D eigenvalue weighted by Crippen LogP contribution is 2.22. The van der Waals surface area contributed by atoms with Gasteiger partial charge in [0, 0.05) is 11.8 Å². The minimum absolute atomic E-state index is 0.842. The molecule has 13 heavy (non-hydrogen) atoms. The molecule has 3 nitrogen and oxygen atoms in total. The van der Waals surface area contributed by atoms with E-state index < -0.39 is 0 Å². The highest BCUT2D eigenvalue weighted by molar-refractivity contribution is 9.10. The van der Waals surface area contributed by atoms with Crippen molar-refractivity contribution in [1.29, 1.82) is 0 Å². The summed E-state index contributed by atoms with van der Waals surface area (Å²) in [5.74, 6) is 0.853. The highest BCUT2D eigenvalue weighted by Gasteiger charge is 2.04. The van der Waals surface area contributed by atoms with Crippen LogP contribution in [0, 0.1) is 6.92 Å². The number of aromatic nitrogens is 2. The average Bonchev–Trinajstić information content (AvgIpc) is 2.48. The maximum Gasteiger partial charge on any atom is 0.132 e. The number of nitrogens with zero attached hydrogens (tertiary/aromatic N) is 2. The van der Waals surface area contributed by atoms with E-state index in [2.05, 4.69) is 20.9 Å². The number of imidazole rings is 1. The van der Waals surface area contributed by atoms with E-state index in [4.69, 9.17) is 4.74 Å². The van der Waals surface area contributed by atoms with Gasteiger partial charge in [-0.15, -0.1) is 0 Å². The van der Waals surface area contributed by atoms with E-state index in [1.807, 2.05) is 23.5 Å². The third-order valence-electron chi connectivity index (χ3n) is 2.00. The zero-order valence-corrected chi connectivity index (χ0v) is 9.00. The van der Waals surface area contributed by atoms with Gasteiger partial charge in [-0.3, -0.25) is 0 Å². The monoisotopic (exact) mass is 240 g/mol. The molecule has 0 radical (unpaired) electrons. The van der Waals surface area contributed by atoms with E-state index in [0.717, 1.165) is 21.6 Å². The average molecular weight is 241 g/mol. The van der Waals surface area contributed by atoms with Gasteiger partial charge in [0.2, 0.25) is 0 Å². The van der Waals surface area contributed by atoms with Crippen LogP contribution in [0.15, 0.2) is 23.1 Å². The van der Waals surface area contributed by atoms with E-state index in [0.29, 0.717) is 0 Å². The minimum atomic E-state index is 0.842. The fraction of sp³-hybridized carbons (Fsp3) is 0.222. The lowest BCUT2D eigenvalue weighted by molar-refractivity contribution is 0.414. The van der Waals surface area contributed by atoms with Crippen LogP contribution in [0.3, 0.4) is 0 Å². The Kier molecular flexibility index (Phi) is 2.00. The maximum atomic E-state index is 5.17. The first-order valence-corrected chi connectivity index (χ1v) is 4.69. The fourth-order valence-electron chi connectivity index (χ4n) is 1.32. The number of aryl methyl sites for hydroxylation is 1. The predicted octanol–water partition coefficient (Wildman–Crippen LogP) is 2.41. The molecule has 0 N–H and O–H groups in total. The van der Waals surface area contributed by atoms with Crippen molar-refractivity contribution in [3.63, 3.8) is 0 Å². The van der Waals surface area contributed by atoms with Gasteiger partial charge in [-0.1, -0.05) is 0 Å². The lowest BCUT2D eigenvalue weighted by Crippen LogP contribution is -1.91. The number of rotatable bonds is 1. The largest absolute Gasteiger partial charge is 0.497 e. The Morgan fingerprint density at radius 3 is 2.92 bits per heavy atom. The molecule has 0 atom stereocenters. The SMILES string of the molecule is COc1cc(C)n2cnc(Br)c2c1. The van der Waals surface area contributed by atoms with Gasteiger partial charge in [0.15, 0.2) is 0 Å². The minimum Gasteiger partial charge on any atom is -0.497 e. The van der Waals surface area contributed by atoms with Crippen LogP contribution in [0.1, 0.15) is 5.69 Å². The van der Waals surface area contributed by atoms with E-state index in [9.17, 15) is 0 Å². The van der Waals surface area contributed by atoms with Crippen molar-refractivity contribution in [2.45, 2.75) is 6.92 Å². The molecule has 0 amide bonds. The van der Waals surface area contributed by atoms with Gasteiger partial charge in [-0.05, 0) is 28.9 Å². The topological polar surface area (TPSA) is 26.5 Å². The molecule has 2 aromatic heterocycles. The number of hydrogen-bond acceptors (Lipinski definition) is 2. The summed E-state index contributed by atoms with van der Waals surface area (Å²) in [4.78, 5) is 4.16. The van der Waals surface area contributed by atoms with Crippen LogP contribution >= 0.6 is 15.9 Å². The zero-order valence-electron chi connectivity index (χ0n) is 7.41. The molecular weight excluding hydrogens is 232 g/mol. The molecule has 0 bridgehead atoms. The number of halogens is 1. The summed E-state index contributed by atoms with van der Waals surface area (Å²) >= 11 is 3.38. The van der Waals surface area contributed by atoms with Gasteiger partial charge in [0.1, 0.15) is 16.7 Å². The van der Waals surface area contributed by atoms with E-state index in [1.54, 1.807) is 13.4 Å². The highest BCUT2D eigenvalue weighted by atomic mass is 79.9. The van der Waals surface area contributed by atoms with Crippen LogP contribution in [0.25, 0.3) is 5.52 Å². The number of hydrogen-bond donors (Lipinski definition) is 0. The number of fused-ring (bicyclic) bond motifs is 1. The van der Waals surface area contributed by atoms with E-state index in [-0.39, 0.29) is 0 Å². The summed E-state index contributed by atoms with van der Waals surface area (Å²) in [6.45, 7) is 2.02. The Morgan fingerprint density at radius 1 is 1.46 bits per heavy atom. The molecule has 0 saturated carbocycles. The van der Waals surface area contributed by atoms with Gasteiger partial charge in [0.25, 0.3) is 0 Å². The molecule has 0 fully saturated rings. The van der Waals surface area contributed by atoms with E-state index >= 15 is 0 Å². The van der Waals surface area contributed by atoms with Crippen molar-refractivity contribution in [2.24, 2.45) is 0 Å². The fourth-order valence-corrected chi connectivity index (χ4v) is 1.71. The smallest absolute Gasteiger partial charge is 0.132 e. The summed E-state index contributed by atoms with van der Waals surface area (Å²) in [7, 11) is 1.66. The van der Waals surface area contributed by atoms with Gasteiger partial charge in [-0.2, -0.15) is 0 Å². The number of ether oxygens (including phenoxy) is 1. The predicted molar refractivity (Wildman–Crippen MR) is 54.2 cm³/mol. The second-order valence-corrected chi connectivity index (χ2v) is 3.58. The standard InChI is InChI=1S/C9H9BrN2O/c1-6-3-7(13-2)4-8-9(10)11-5-12(6)8/h3-5H,1-2H3. The van der Waals surface area contributed by atoms with Gasteiger partial charge < -0.3 is 9.14 Å². The zero-order chi connectivity index (χ0) is 9.42. The van der Waals surface area contributed by atoms with Crippen molar-refractivity contribution in [3.05, 3.63) is 28.8 Å². The van der Waals surface area contributed by atoms with Crippen molar-refractivity contribution >= 4 is 21.4 Å². The van der Waals surface area contributed by atoms with Crippen LogP contribution in [0.5, 0.6) is 5.75 Å². The Bertz CT molecular complexity index is 450. The quantitative estimate of drug-likeness (QED) is 0.766. The summed E-state index contributed by atoms with van der Waals surface area (Å²) < 4.78 is 8.01. The first-order valence-electron chi connectivity index (χ1n) is 3.89. The summed E-state index contributed by atoms with van der Waals surface area (Å²) in [6.07, 6.45) is 1.79. The van der Waals surface area contributed by atoms with Crippen LogP contribution in [0.2, 0.25) is 0 Å². The molecule has 4 heteroatoms. The normalized spacial score (nSPS) is 10.7. The maximum absolute atomic E-state index is 5.17. The molecule has 2 rings (SSSR count). The first-order chi connectivity index (χ1) is 6.22. The van der Waals surface area contributed by atoms with Gasteiger partial charge in [-0.25, -0.2) is 4.98 Å². The molecule has 0 aliphatic rings. The van der Waals surface area contributed by atoms with Crippen LogP contribution in [0.4, 0.5) is 0 Å². The second kappa shape index (κ2) is 3.03. The molecule has 0 unspecified atom stereocenters. The lowest BCUT2D eigenvalue weighted by Gasteiger charge is -2.04. The van der Waals surface area contributed by atoms with Crippen LogP contribution in [-0.4, -0.2) is 16.5 Å². The van der Waals surface area contributed by atoms with Gasteiger partial charge >= 0.3 is 0 Å². The molecule has 0 aliphatic heterocycles. The Labute approximate surface area is 84.5 Å². The Hall–Kier alpha value is -1.03. The summed E-state index contributed by atoms with van der Waals surface area (Å²) in [6, 6.07) is 3.92.